The predicted octanol–water partition coefficient (Wildman–Crippen LogP) is 4.37. The first-order valence-corrected chi connectivity index (χ1v) is 12.7. The van der Waals surface area contributed by atoms with Crippen LogP contribution in [0, 0.1) is 5.92 Å². The summed E-state index contributed by atoms with van der Waals surface area (Å²) in [6.45, 7) is 5.92. The van der Waals surface area contributed by atoms with Gasteiger partial charge in [0, 0.05) is 56.7 Å². The van der Waals surface area contributed by atoms with Gasteiger partial charge in [0.2, 0.25) is 0 Å². The van der Waals surface area contributed by atoms with Crippen LogP contribution >= 0.6 is 11.6 Å². The molecule has 1 aromatic carbocycles. The molecular formula is C26H38ClN3O5. The Labute approximate surface area is 213 Å². The minimum atomic E-state index is -0.828. The minimum absolute atomic E-state index is 0.124. The van der Waals surface area contributed by atoms with Crippen LogP contribution in [0.4, 0.5) is 10.5 Å². The Balaban J connectivity index is 1.69. The number of ketones is 1. The Morgan fingerprint density at radius 1 is 1.11 bits per heavy atom. The summed E-state index contributed by atoms with van der Waals surface area (Å²) in [4.78, 5) is 42.5. The number of amides is 2. The topological polar surface area (TPSA) is 88.2 Å². The molecule has 3 rings (SSSR count). The van der Waals surface area contributed by atoms with Crippen LogP contribution in [0.2, 0.25) is 5.02 Å². The average Bonchev–Trinajstić information content (AvgIpc) is 2.83. The number of urea groups is 1. The molecule has 2 heterocycles. The number of halogens is 1. The van der Waals surface area contributed by atoms with Gasteiger partial charge in [-0.15, -0.1) is 0 Å². The molecule has 0 bridgehead atoms. The molecule has 2 aliphatic rings. The fraction of sp³-hybridized carbons (Fsp3) is 0.654. The maximum Gasteiger partial charge on any atom is 0.321 e. The van der Waals surface area contributed by atoms with Crippen LogP contribution in [0.3, 0.4) is 0 Å². The minimum Gasteiger partial charge on any atom is -0.457 e. The fourth-order valence-corrected chi connectivity index (χ4v) is 4.93. The third-order valence-corrected chi connectivity index (χ3v) is 7.66. The summed E-state index contributed by atoms with van der Waals surface area (Å²) in [7, 11) is 3.70. The lowest BCUT2D eigenvalue weighted by atomic mass is 9.89. The van der Waals surface area contributed by atoms with Crippen molar-refractivity contribution in [1.29, 1.82) is 0 Å². The molecule has 0 radical (unpaired) electrons. The molecule has 2 amide bonds. The molecule has 0 saturated carbocycles. The van der Waals surface area contributed by atoms with Gasteiger partial charge in [0.1, 0.15) is 17.3 Å². The number of carbonyl (C=O) groups excluding carboxylic acids is 3. The summed E-state index contributed by atoms with van der Waals surface area (Å²) >= 11 is 5.92. The van der Waals surface area contributed by atoms with Gasteiger partial charge in [0.25, 0.3) is 0 Å². The summed E-state index contributed by atoms with van der Waals surface area (Å²) in [6, 6.07) is 6.76. The van der Waals surface area contributed by atoms with Crippen LogP contribution < -0.4 is 5.32 Å². The molecule has 35 heavy (non-hydrogen) atoms. The highest BCUT2D eigenvalue weighted by Gasteiger charge is 2.42. The maximum absolute atomic E-state index is 13.0. The van der Waals surface area contributed by atoms with E-state index in [-0.39, 0.29) is 18.2 Å². The monoisotopic (exact) mass is 507 g/mol. The molecule has 194 valence electrons. The highest BCUT2D eigenvalue weighted by atomic mass is 35.5. The van der Waals surface area contributed by atoms with Crippen LogP contribution in [0.1, 0.15) is 52.4 Å². The third-order valence-electron chi connectivity index (χ3n) is 7.41. The molecular weight excluding hydrogens is 470 g/mol. The smallest absolute Gasteiger partial charge is 0.321 e. The van der Waals surface area contributed by atoms with Gasteiger partial charge in [-0.25, -0.2) is 4.79 Å². The molecule has 0 aromatic heterocycles. The number of piperidine rings is 1. The van der Waals surface area contributed by atoms with Crippen LogP contribution in [0.5, 0.6) is 0 Å². The zero-order chi connectivity index (χ0) is 25.6. The summed E-state index contributed by atoms with van der Waals surface area (Å²) in [5, 5.41) is 3.49. The number of nitrogens with zero attached hydrogens (tertiary/aromatic N) is 2. The predicted molar refractivity (Wildman–Crippen MR) is 136 cm³/mol. The number of likely N-dealkylation sites (tertiary alicyclic amines) is 1. The quantitative estimate of drug-likeness (QED) is 0.472. The number of carbonyl (C=O) groups is 3. The summed E-state index contributed by atoms with van der Waals surface area (Å²) in [6.07, 6.45) is 3.61. The number of rotatable bonds is 2. The number of benzene rings is 1. The van der Waals surface area contributed by atoms with E-state index in [1.165, 1.54) is 0 Å². The molecule has 0 aliphatic carbocycles. The lowest BCUT2D eigenvalue weighted by molar-refractivity contribution is -0.172. The Morgan fingerprint density at radius 3 is 2.40 bits per heavy atom. The lowest BCUT2D eigenvalue weighted by Gasteiger charge is -2.43. The second-order valence-corrected chi connectivity index (χ2v) is 10.6. The van der Waals surface area contributed by atoms with Gasteiger partial charge >= 0.3 is 12.0 Å². The second-order valence-electron chi connectivity index (χ2n) is 10.2. The molecule has 2 atom stereocenters. The van der Waals surface area contributed by atoms with Gasteiger partial charge in [0.15, 0.2) is 0 Å². The van der Waals surface area contributed by atoms with E-state index in [1.807, 2.05) is 14.0 Å². The number of hydrogen-bond donors (Lipinski definition) is 1. The van der Waals surface area contributed by atoms with E-state index < -0.39 is 23.1 Å². The molecule has 1 unspecified atom stereocenters. The number of esters is 1. The highest BCUT2D eigenvalue weighted by molar-refractivity contribution is 6.30. The lowest BCUT2D eigenvalue weighted by Crippen LogP contribution is -2.55. The van der Waals surface area contributed by atoms with E-state index in [0.717, 1.165) is 19.4 Å². The van der Waals surface area contributed by atoms with E-state index in [9.17, 15) is 14.4 Å². The van der Waals surface area contributed by atoms with Crippen molar-refractivity contribution >= 4 is 35.1 Å². The normalized spacial score (nSPS) is 26.9. The number of likely N-dealkylation sites (N-methyl/N-ethyl adjacent to an activating group) is 1. The molecule has 1 aromatic rings. The first-order chi connectivity index (χ1) is 16.5. The first kappa shape index (κ1) is 27.4. The number of ether oxygens (including phenoxy) is 2. The Kier molecular flexibility index (Phi) is 9.18. The van der Waals surface area contributed by atoms with Crippen LogP contribution in [0.25, 0.3) is 0 Å². The molecule has 2 fully saturated rings. The van der Waals surface area contributed by atoms with Crippen molar-refractivity contribution in [3.8, 4) is 0 Å². The number of methoxy groups -OCH3 is 1. The largest absolute Gasteiger partial charge is 0.457 e. The Hall–Kier alpha value is -2.16. The van der Waals surface area contributed by atoms with E-state index >= 15 is 0 Å². The van der Waals surface area contributed by atoms with Crippen molar-refractivity contribution < 1.29 is 23.9 Å². The number of hydrogen-bond acceptors (Lipinski definition) is 6. The van der Waals surface area contributed by atoms with E-state index in [1.54, 1.807) is 43.2 Å². The maximum atomic E-state index is 13.0. The molecule has 9 heteroatoms. The van der Waals surface area contributed by atoms with Crippen molar-refractivity contribution in [2.24, 2.45) is 5.92 Å². The van der Waals surface area contributed by atoms with Crippen LogP contribution in [0.15, 0.2) is 24.3 Å². The number of anilines is 1. The van der Waals surface area contributed by atoms with Crippen molar-refractivity contribution in [1.82, 2.24) is 9.80 Å². The SMILES string of the molecule is CO[C@]1(C)CCCN(C)CC2(CCN(C(=O)Nc3ccc(Cl)cc3)CC2)OC(=O)C(C)C(=O)CC1. The zero-order valence-corrected chi connectivity index (χ0v) is 22.0. The summed E-state index contributed by atoms with van der Waals surface area (Å²) < 4.78 is 11.8. The average molecular weight is 508 g/mol. The molecule has 2 saturated heterocycles. The first-order valence-electron chi connectivity index (χ1n) is 12.4. The summed E-state index contributed by atoms with van der Waals surface area (Å²) in [5.74, 6) is -1.44. The Bertz CT molecular complexity index is 901. The van der Waals surface area contributed by atoms with Crippen molar-refractivity contribution in [2.75, 3.05) is 45.7 Å². The molecule has 1 spiro atoms. The second kappa shape index (κ2) is 11.7. The molecule has 8 nitrogen and oxygen atoms in total. The summed E-state index contributed by atoms with van der Waals surface area (Å²) in [5.41, 5.74) is -0.464. The van der Waals surface area contributed by atoms with Gasteiger partial charge in [-0.1, -0.05) is 11.6 Å². The van der Waals surface area contributed by atoms with Crippen molar-refractivity contribution in [3.63, 3.8) is 0 Å². The van der Waals surface area contributed by atoms with E-state index in [2.05, 4.69) is 10.2 Å². The number of nitrogens with one attached hydrogen (secondary N) is 1. The van der Waals surface area contributed by atoms with Crippen molar-refractivity contribution in [3.05, 3.63) is 29.3 Å². The van der Waals surface area contributed by atoms with E-state index in [0.29, 0.717) is 49.6 Å². The highest BCUT2D eigenvalue weighted by Crippen LogP contribution is 2.31. The van der Waals surface area contributed by atoms with Gasteiger partial charge in [-0.2, -0.15) is 0 Å². The van der Waals surface area contributed by atoms with Gasteiger partial charge < -0.3 is 24.6 Å². The zero-order valence-electron chi connectivity index (χ0n) is 21.3. The third kappa shape index (κ3) is 7.41. The standard InChI is InChI=1S/C26H38ClN3O5/c1-19-22(31)10-12-25(2,34-4)11-5-15-29(3)18-26(35-23(19)32)13-16-30(17-14-26)24(33)28-21-8-6-20(27)7-9-21/h6-9,19H,5,10-18H2,1-4H3,(H,28,33)/t19?,25-/m1/s1. The van der Waals surface area contributed by atoms with Gasteiger partial charge in [-0.3, -0.25) is 9.59 Å². The van der Waals surface area contributed by atoms with Gasteiger partial charge in [-0.05, 0) is 71.0 Å². The molecule has 1 N–H and O–H groups in total. The Morgan fingerprint density at radius 2 is 1.77 bits per heavy atom. The van der Waals surface area contributed by atoms with Crippen LogP contribution in [-0.2, 0) is 19.1 Å². The molecule has 2 aliphatic heterocycles. The van der Waals surface area contributed by atoms with Crippen molar-refractivity contribution in [2.45, 2.75) is 63.6 Å². The van der Waals surface area contributed by atoms with Crippen LogP contribution in [-0.4, -0.2) is 79.1 Å². The fourth-order valence-electron chi connectivity index (χ4n) is 4.81. The van der Waals surface area contributed by atoms with E-state index in [4.69, 9.17) is 21.1 Å². The number of Topliss-reactive ketones (excluding diaryl/α,β-unsaturated/α-hetero) is 1. The van der Waals surface area contributed by atoms with Gasteiger partial charge in [0.05, 0.1) is 5.60 Å².